The second kappa shape index (κ2) is 4.60. The maximum Gasteiger partial charge on any atom is 0.152 e. The van der Waals surface area contributed by atoms with Crippen molar-refractivity contribution in [3.63, 3.8) is 0 Å². The van der Waals surface area contributed by atoms with Crippen LogP contribution in [0.1, 0.15) is 60.1 Å². The number of aryl methyl sites for hydroxylation is 1. The van der Waals surface area contributed by atoms with Gasteiger partial charge < -0.3 is 4.98 Å². The first-order valence-corrected chi connectivity index (χ1v) is 6.93. The van der Waals surface area contributed by atoms with Crippen molar-refractivity contribution < 1.29 is 4.79 Å². The van der Waals surface area contributed by atoms with Crippen LogP contribution in [0.5, 0.6) is 0 Å². The van der Waals surface area contributed by atoms with Gasteiger partial charge in [-0.05, 0) is 30.7 Å². The lowest BCUT2D eigenvalue weighted by Crippen LogP contribution is -1.96. The second-order valence-electron chi connectivity index (χ2n) is 5.24. The molecule has 1 heterocycles. The summed E-state index contributed by atoms with van der Waals surface area (Å²) in [5.41, 5.74) is 4.55. The molecule has 0 atom stereocenters. The quantitative estimate of drug-likeness (QED) is 0.802. The summed E-state index contributed by atoms with van der Waals surface area (Å²) in [4.78, 5) is 15.0. The summed E-state index contributed by atoms with van der Waals surface area (Å²) in [5.74, 6) is 0.558. The smallest absolute Gasteiger partial charge is 0.152 e. The Morgan fingerprint density at radius 3 is 2.78 bits per heavy atom. The van der Waals surface area contributed by atoms with Gasteiger partial charge in [-0.15, -0.1) is 0 Å². The SMILES string of the molecule is CCc1cccc2c(C=O)c(C3CCCC3)[nH]c12. The average molecular weight is 241 g/mol. The highest BCUT2D eigenvalue weighted by molar-refractivity contribution is 6.00. The Labute approximate surface area is 107 Å². The molecule has 1 aromatic carbocycles. The van der Waals surface area contributed by atoms with Gasteiger partial charge in [-0.2, -0.15) is 0 Å². The highest BCUT2D eigenvalue weighted by atomic mass is 16.1. The maximum atomic E-state index is 11.4. The van der Waals surface area contributed by atoms with Crippen molar-refractivity contribution in [3.8, 4) is 0 Å². The average Bonchev–Trinajstić information content (AvgIpc) is 3.04. The highest BCUT2D eigenvalue weighted by Crippen LogP contribution is 2.37. The van der Waals surface area contributed by atoms with Crippen LogP contribution in [-0.2, 0) is 6.42 Å². The molecule has 0 amide bonds. The number of nitrogens with one attached hydrogen (secondary N) is 1. The van der Waals surface area contributed by atoms with Gasteiger partial charge in [0.05, 0.1) is 0 Å². The fourth-order valence-electron chi connectivity index (χ4n) is 3.28. The number of aromatic nitrogens is 1. The zero-order chi connectivity index (χ0) is 12.5. The van der Waals surface area contributed by atoms with Crippen molar-refractivity contribution in [3.05, 3.63) is 35.0 Å². The van der Waals surface area contributed by atoms with E-state index < -0.39 is 0 Å². The summed E-state index contributed by atoms with van der Waals surface area (Å²) < 4.78 is 0. The Morgan fingerprint density at radius 1 is 1.33 bits per heavy atom. The van der Waals surface area contributed by atoms with Gasteiger partial charge >= 0.3 is 0 Å². The number of hydrogen-bond donors (Lipinski definition) is 1. The van der Waals surface area contributed by atoms with Gasteiger partial charge in [0.2, 0.25) is 0 Å². The Bertz CT molecular complexity index is 576. The molecule has 2 nitrogen and oxygen atoms in total. The van der Waals surface area contributed by atoms with E-state index in [4.69, 9.17) is 0 Å². The Balaban J connectivity index is 2.22. The van der Waals surface area contributed by atoms with E-state index >= 15 is 0 Å². The van der Waals surface area contributed by atoms with E-state index in [9.17, 15) is 4.79 Å². The first-order valence-electron chi connectivity index (χ1n) is 6.93. The molecule has 3 rings (SSSR count). The normalized spacial score (nSPS) is 16.5. The van der Waals surface area contributed by atoms with Crippen LogP contribution in [0.25, 0.3) is 10.9 Å². The summed E-state index contributed by atoms with van der Waals surface area (Å²) in [6.45, 7) is 2.16. The Hall–Kier alpha value is -1.57. The number of hydrogen-bond acceptors (Lipinski definition) is 1. The molecule has 2 heteroatoms. The number of benzene rings is 1. The van der Waals surface area contributed by atoms with E-state index in [0.717, 1.165) is 23.7 Å². The first-order chi connectivity index (χ1) is 8.85. The van der Waals surface area contributed by atoms with Crippen molar-refractivity contribution in [1.29, 1.82) is 0 Å². The predicted molar refractivity (Wildman–Crippen MR) is 74.3 cm³/mol. The van der Waals surface area contributed by atoms with Gasteiger partial charge in [0.1, 0.15) is 0 Å². The molecule has 1 aromatic heterocycles. The summed E-state index contributed by atoms with van der Waals surface area (Å²) in [5, 5.41) is 1.10. The van der Waals surface area contributed by atoms with Crippen molar-refractivity contribution in [2.75, 3.05) is 0 Å². The van der Waals surface area contributed by atoms with Crippen LogP contribution in [0.3, 0.4) is 0 Å². The minimum absolute atomic E-state index is 0.558. The van der Waals surface area contributed by atoms with Crippen LogP contribution in [0.2, 0.25) is 0 Å². The molecular formula is C16H19NO. The third-order valence-corrected chi connectivity index (χ3v) is 4.25. The molecule has 0 radical (unpaired) electrons. The number of H-pyrrole nitrogens is 1. The molecule has 1 fully saturated rings. The van der Waals surface area contributed by atoms with Crippen LogP contribution in [-0.4, -0.2) is 11.3 Å². The molecule has 0 aliphatic heterocycles. The standard InChI is InChI=1S/C16H19NO/c1-2-11-8-5-9-13-14(10-18)16(17-15(11)13)12-6-3-4-7-12/h5,8-10,12,17H,2-4,6-7H2,1H3. The zero-order valence-electron chi connectivity index (χ0n) is 10.8. The number of rotatable bonds is 3. The van der Waals surface area contributed by atoms with Crippen LogP contribution in [0.15, 0.2) is 18.2 Å². The monoisotopic (exact) mass is 241 g/mol. The summed E-state index contributed by atoms with van der Waals surface area (Å²) in [6.07, 6.45) is 7.05. The fourth-order valence-corrected chi connectivity index (χ4v) is 3.28. The molecule has 1 aliphatic rings. The Morgan fingerprint density at radius 2 is 2.11 bits per heavy atom. The van der Waals surface area contributed by atoms with E-state index in [0.29, 0.717) is 5.92 Å². The lowest BCUT2D eigenvalue weighted by molar-refractivity contribution is 0.112. The number of carbonyl (C=O) groups is 1. The minimum atomic E-state index is 0.558. The number of aromatic amines is 1. The summed E-state index contributed by atoms with van der Waals surface area (Å²) in [7, 11) is 0. The van der Waals surface area contributed by atoms with Gasteiger partial charge in [0, 0.05) is 22.2 Å². The fraction of sp³-hybridized carbons (Fsp3) is 0.438. The number of aldehydes is 1. The van der Waals surface area contributed by atoms with Crippen molar-refractivity contribution in [1.82, 2.24) is 4.98 Å². The molecule has 0 saturated heterocycles. The molecule has 1 aliphatic carbocycles. The minimum Gasteiger partial charge on any atom is -0.357 e. The molecule has 0 unspecified atom stereocenters. The molecule has 1 N–H and O–H groups in total. The van der Waals surface area contributed by atoms with Gasteiger partial charge in [0.25, 0.3) is 0 Å². The topological polar surface area (TPSA) is 32.9 Å². The number of para-hydroxylation sites is 1. The van der Waals surface area contributed by atoms with Crippen molar-refractivity contribution >= 4 is 17.2 Å². The van der Waals surface area contributed by atoms with E-state index in [1.165, 1.54) is 42.5 Å². The Kier molecular flexibility index (Phi) is 2.94. The third kappa shape index (κ3) is 1.67. The van der Waals surface area contributed by atoms with E-state index in [-0.39, 0.29) is 0 Å². The van der Waals surface area contributed by atoms with Gasteiger partial charge in [0.15, 0.2) is 6.29 Å². The largest absolute Gasteiger partial charge is 0.357 e. The lowest BCUT2D eigenvalue weighted by atomic mass is 9.99. The number of fused-ring (bicyclic) bond motifs is 1. The first kappa shape index (κ1) is 11.5. The molecular weight excluding hydrogens is 222 g/mol. The van der Waals surface area contributed by atoms with E-state index in [2.05, 4.69) is 30.1 Å². The molecule has 0 spiro atoms. The second-order valence-corrected chi connectivity index (χ2v) is 5.24. The molecule has 94 valence electrons. The predicted octanol–water partition coefficient (Wildman–Crippen LogP) is 4.20. The molecule has 1 saturated carbocycles. The third-order valence-electron chi connectivity index (χ3n) is 4.25. The lowest BCUT2D eigenvalue weighted by Gasteiger charge is -2.07. The van der Waals surface area contributed by atoms with Crippen molar-refractivity contribution in [2.24, 2.45) is 0 Å². The maximum absolute atomic E-state index is 11.4. The van der Waals surface area contributed by atoms with Gasteiger partial charge in [-0.25, -0.2) is 0 Å². The van der Waals surface area contributed by atoms with Crippen molar-refractivity contribution in [2.45, 2.75) is 44.9 Å². The van der Waals surface area contributed by atoms with Crippen LogP contribution in [0, 0.1) is 0 Å². The molecule has 0 bridgehead atoms. The zero-order valence-corrected chi connectivity index (χ0v) is 10.8. The summed E-state index contributed by atoms with van der Waals surface area (Å²) >= 11 is 0. The van der Waals surface area contributed by atoms with E-state index in [1.54, 1.807) is 0 Å². The van der Waals surface area contributed by atoms with Crippen LogP contribution < -0.4 is 0 Å². The van der Waals surface area contributed by atoms with Crippen LogP contribution >= 0.6 is 0 Å². The highest BCUT2D eigenvalue weighted by Gasteiger charge is 2.23. The van der Waals surface area contributed by atoms with Gasteiger partial charge in [-0.3, -0.25) is 4.79 Å². The number of carbonyl (C=O) groups excluding carboxylic acids is 1. The van der Waals surface area contributed by atoms with E-state index in [1.807, 2.05) is 0 Å². The molecule has 18 heavy (non-hydrogen) atoms. The summed E-state index contributed by atoms with van der Waals surface area (Å²) in [6, 6.07) is 6.26. The van der Waals surface area contributed by atoms with Gasteiger partial charge in [-0.1, -0.05) is 38.0 Å². The molecule has 2 aromatic rings. The van der Waals surface area contributed by atoms with Crippen LogP contribution in [0.4, 0.5) is 0 Å².